The molecule has 6 heteroatoms. The molecule has 0 aromatic heterocycles. The maximum absolute atomic E-state index is 10.9. The number of methoxy groups -OCH3 is 1. The Labute approximate surface area is 109 Å². The molecule has 0 unspecified atom stereocenters. The highest BCUT2D eigenvalue weighted by Gasteiger charge is 2.17. The molecule has 0 aliphatic rings. The lowest BCUT2D eigenvalue weighted by Gasteiger charge is -2.08. The number of rotatable bonds is 4. The first kappa shape index (κ1) is 12.7. The summed E-state index contributed by atoms with van der Waals surface area (Å²) in [5.74, 6) is 0.815. The number of nitro benzene ring substituents is 1. The van der Waals surface area contributed by atoms with E-state index in [4.69, 9.17) is 9.47 Å². The fourth-order valence-electron chi connectivity index (χ4n) is 1.53. The minimum absolute atomic E-state index is 0.0167. The molecule has 0 saturated heterocycles. The predicted octanol–water partition coefficient (Wildman–Crippen LogP) is 3.10. The highest BCUT2D eigenvalue weighted by molar-refractivity contribution is 5.52. The second-order valence-corrected chi connectivity index (χ2v) is 3.69. The van der Waals surface area contributed by atoms with E-state index >= 15 is 0 Å². The smallest absolute Gasteiger partial charge is 0.311 e. The molecule has 19 heavy (non-hydrogen) atoms. The molecule has 1 N–H and O–H groups in total. The number of nitro groups is 1. The number of nitrogens with zero attached hydrogens (tertiary/aromatic N) is 1. The van der Waals surface area contributed by atoms with Crippen LogP contribution in [0.5, 0.6) is 23.0 Å². The van der Waals surface area contributed by atoms with Gasteiger partial charge in [-0.25, -0.2) is 0 Å². The summed E-state index contributed by atoms with van der Waals surface area (Å²) in [6.07, 6.45) is 0. The molecule has 0 fully saturated rings. The van der Waals surface area contributed by atoms with Gasteiger partial charge in [0.05, 0.1) is 12.0 Å². The van der Waals surface area contributed by atoms with Crippen LogP contribution >= 0.6 is 0 Å². The van der Waals surface area contributed by atoms with Crippen molar-refractivity contribution in [2.75, 3.05) is 7.11 Å². The number of phenols is 1. The molecule has 6 nitrogen and oxygen atoms in total. The third-order valence-corrected chi connectivity index (χ3v) is 2.41. The molecule has 98 valence electrons. The van der Waals surface area contributed by atoms with Crippen LogP contribution < -0.4 is 9.47 Å². The van der Waals surface area contributed by atoms with Gasteiger partial charge in [0.15, 0.2) is 0 Å². The van der Waals surface area contributed by atoms with E-state index in [-0.39, 0.29) is 17.2 Å². The van der Waals surface area contributed by atoms with Gasteiger partial charge in [-0.15, -0.1) is 0 Å². The lowest BCUT2D eigenvalue weighted by Crippen LogP contribution is -1.94. The van der Waals surface area contributed by atoms with Crippen LogP contribution in [0.25, 0.3) is 0 Å². The molecule has 0 aliphatic heterocycles. The van der Waals surface area contributed by atoms with Crippen LogP contribution in [0.3, 0.4) is 0 Å². The number of hydrogen-bond donors (Lipinski definition) is 1. The quantitative estimate of drug-likeness (QED) is 0.675. The fraction of sp³-hybridized carbons (Fsp3) is 0.0769. The number of benzene rings is 2. The molecule has 0 radical (unpaired) electrons. The molecule has 0 heterocycles. The van der Waals surface area contributed by atoms with Crippen molar-refractivity contribution in [2.24, 2.45) is 0 Å². The number of hydrogen-bond acceptors (Lipinski definition) is 5. The van der Waals surface area contributed by atoms with Gasteiger partial charge >= 0.3 is 5.69 Å². The first-order valence-corrected chi connectivity index (χ1v) is 5.39. The fourth-order valence-corrected chi connectivity index (χ4v) is 1.53. The zero-order chi connectivity index (χ0) is 13.8. The molecular weight excluding hydrogens is 250 g/mol. The van der Waals surface area contributed by atoms with E-state index in [9.17, 15) is 15.2 Å². The monoisotopic (exact) mass is 261 g/mol. The predicted molar refractivity (Wildman–Crippen MR) is 67.8 cm³/mol. The van der Waals surface area contributed by atoms with Gasteiger partial charge in [0.2, 0.25) is 5.75 Å². The van der Waals surface area contributed by atoms with E-state index in [1.54, 1.807) is 12.1 Å². The van der Waals surface area contributed by atoms with Gasteiger partial charge in [0.1, 0.15) is 17.2 Å². The van der Waals surface area contributed by atoms with E-state index in [1.807, 2.05) is 0 Å². The van der Waals surface area contributed by atoms with Crippen molar-refractivity contribution in [2.45, 2.75) is 0 Å². The number of ether oxygens (including phenoxy) is 2. The highest BCUT2D eigenvalue weighted by atomic mass is 16.6. The Kier molecular flexibility index (Phi) is 3.51. The minimum Gasteiger partial charge on any atom is -0.508 e. The average Bonchev–Trinajstić information content (AvgIpc) is 2.38. The molecule has 2 aromatic rings. The standard InChI is InChI=1S/C13H11NO5/c1-18-10-5-6-12(14(16)17)13(8-10)19-11-4-2-3-9(15)7-11/h2-8,15H,1H3. The average molecular weight is 261 g/mol. The van der Waals surface area contributed by atoms with Gasteiger partial charge < -0.3 is 14.6 Å². The maximum Gasteiger partial charge on any atom is 0.311 e. The van der Waals surface area contributed by atoms with Crippen molar-refractivity contribution >= 4 is 5.69 Å². The van der Waals surface area contributed by atoms with Gasteiger partial charge in [0.25, 0.3) is 0 Å². The topological polar surface area (TPSA) is 81.8 Å². The summed E-state index contributed by atoms with van der Waals surface area (Å²) in [6.45, 7) is 0. The molecule has 2 aromatic carbocycles. The third kappa shape index (κ3) is 2.92. The van der Waals surface area contributed by atoms with Crippen LogP contribution in [0.1, 0.15) is 0 Å². The maximum atomic E-state index is 10.9. The van der Waals surface area contributed by atoms with Crippen LogP contribution in [-0.2, 0) is 0 Å². The summed E-state index contributed by atoms with van der Waals surface area (Å²) in [7, 11) is 1.46. The molecular formula is C13H11NO5. The zero-order valence-electron chi connectivity index (χ0n) is 10.1. The van der Waals surface area contributed by atoms with Crippen LogP contribution in [0, 0.1) is 10.1 Å². The normalized spacial score (nSPS) is 9.95. The zero-order valence-corrected chi connectivity index (χ0v) is 10.1. The van der Waals surface area contributed by atoms with E-state index in [0.717, 1.165) is 0 Å². The third-order valence-electron chi connectivity index (χ3n) is 2.41. The summed E-state index contributed by atoms with van der Waals surface area (Å²) in [5, 5.41) is 20.2. The van der Waals surface area contributed by atoms with Gasteiger partial charge in [-0.1, -0.05) is 6.07 Å². The van der Waals surface area contributed by atoms with Gasteiger partial charge in [-0.05, 0) is 18.2 Å². The lowest BCUT2D eigenvalue weighted by atomic mass is 10.2. The highest BCUT2D eigenvalue weighted by Crippen LogP contribution is 2.35. The lowest BCUT2D eigenvalue weighted by molar-refractivity contribution is -0.385. The molecule has 0 spiro atoms. The van der Waals surface area contributed by atoms with E-state index in [0.29, 0.717) is 11.5 Å². The molecule has 2 rings (SSSR count). The Morgan fingerprint density at radius 3 is 2.58 bits per heavy atom. The Balaban J connectivity index is 2.39. The summed E-state index contributed by atoms with van der Waals surface area (Å²) >= 11 is 0. The van der Waals surface area contributed by atoms with Gasteiger partial charge in [0, 0.05) is 18.2 Å². The second kappa shape index (κ2) is 5.26. The molecule has 0 saturated carbocycles. The van der Waals surface area contributed by atoms with Crippen LogP contribution in [0.4, 0.5) is 5.69 Å². The Hall–Kier alpha value is -2.76. The van der Waals surface area contributed by atoms with Crippen molar-refractivity contribution in [3.05, 3.63) is 52.6 Å². The molecule has 0 bridgehead atoms. The second-order valence-electron chi connectivity index (χ2n) is 3.69. The van der Waals surface area contributed by atoms with E-state index in [2.05, 4.69) is 0 Å². The van der Waals surface area contributed by atoms with E-state index < -0.39 is 4.92 Å². The van der Waals surface area contributed by atoms with E-state index in [1.165, 1.54) is 37.4 Å². The molecule has 0 atom stereocenters. The van der Waals surface area contributed by atoms with Crippen LogP contribution in [-0.4, -0.2) is 17.1 Å². The summed E-state index contributed by atoms with van der Waals surface area (Å²) in [6, 6.07) is 10.2. The largest absolute Gasteiger partial charge is 0.508 e. The van der Waals surface area contributed by atoms with Crippen molar-refractivity contribution in [1.29, 1.82) is 0 Å². The van der Waals surface area contributed by atoms with Crippen molar-refractivity contribution in [1.82, 2.24) is 0 Å². The Bertz CT molecular complexity index is 612. The van der Waals surface area contributed by atoms with Gasteiger partial charge in [-0.3, -0.25) is 10.1 Å². The molecule has 0 aliphatic carbocycles. The first-order chi connectivity index (χ1) is 9.10. The van der Waals surface area contributed by atoms with Gasteiger partial charge in [-0.2, -0.15) is 0 Å². The SMILES string of the molecule is COc1ccc([N+](=O)[O-])c(Oc2cccc(O)c2)c1. The minimum atomic E-state index is -0.544. The Morgan fingerprint density at radius 2 is 1.95 bits per heavy atom. The first-order valence-electron chi connectivity index (χ1n) is 5.39. The van der Waals surface area contributed by atoms with Crippen molar-refractivity contribution < 1.29 is 19.5 Å². The molecule has 0 amide bonds. The number of aromatic hydroxyl groups is 1. The summed E-state index contributed by atoms with van der Waals surface area (Å²) < 4.78 is 10.4. The summed E-state index contributed by atoms with van der Waals surface area (Å²) in [4.78, 5) is 10.4. The van der Waals surface area contributed by atoms with Crippen LogP contribution in [0.15, 0.2) is 42.5 Å². The van der Waals surface area contributed by atoms with Crippen molar-refractivity contribution in [3.8, 4) is 23.0 Å². The van der Waals surface area contributed by atoms with Crippen molar-refractivity contribution in [3.63, 3.8) is 0 Å². The number of phenolic OH excluding ortho intramolecular Hbond substituents is 1. The summed E-state index contributed by atoms with van der Waals surface area (Å²) in [5.41, 5.74) is -0.177. The van der Waals surface area contributed by atoms with Crippen LogP contribution in [0.2, 0.25) is 0 Å². The Morgan fingerprint density at radius 1 is 1.16 bits per heavy atom.